The molecule has 5 heteroatoms. The van der Waals surface area contributed by atoms with Gasteiger partial charge < -0.3 is 19.7 Å². The molecule has 0 spiro atoms. The Morgan fingerprint density at radius 2 is 1.65 bits per heavy atom. The number of para-hydroxylation sites is 2. The van der Waals surface area contributed by atoms with E-state index >= 15 is 0 Å². The second kappa shape index (κ2) is 5.52. The maximum Gasteiger partial charge on any atom is 0.519 e. The van der Waals surface area contributed by atoms with Gasteiger partial charge in [0, 0.05) is 0 Å². The molecule has 2 N–H and O–H groups in total. The first-order chi connectivity index (χ1) is 9.49. The van der Waals surface area contributed by atoms with Crippen LogP contribution >= 0.6 is 0 Å². The van der Waals surface area contributed by atoms with Crippen LogP contribution in [-0.2, 0) is 0 Å². The maximum atomic E-state index is 11.7. The van der Waals surface area contributed by atoms with Crippen molar-refractivity contribution in [3.8, 4) is 23.0 Å². The lowest BCUT2D eigenvalue weighted by molar-refractivity contribution is 0.148. The van der Waals surface area contributed by atoms with Crippen LogP contribution in [0.2, 0.25) is 0 Å². The Labute approximate surface area is 116 Å². The Bertz CT molecular complexity index is 649. The Morgan fingerprint density at radius 3 is 2.35 bits per heavy atom. The third-order valence-corrected chi connectivity index (χ3v) is 2.90. The molecule has 2 aromatic rings. The van der Waals surface area contributed by atoms with Crippen LogP contribution in [0.1, 0.15) is 11.1 Å². The minimum Gasteiger partial charge on any atom is -0.504 e. The van der Waals surface area contributed by atoms with Crippen molar-refractivity contribution in [3.05, 3.63) is 47.5 Å². The molecule has 0 aliphatic carbocycles. The second-order valence-electron chi connectivity index (χ2n) is 4.28. The molecule has 0 aliphatic heterocycles. The van der Waals surface area contributed by atoms with Gasteiger partial charge in [-0.15, -0.1) is 0 Å². The minimum atomic E-state index is -1.03. The Kier molecular flexibility index (Phi) is 3.79. The highest BCUT2D eigenvalue weighted by atomic mass is 16.7. The molecule has 0 aromatic heterocycles. The Hall–Kier alpha value is -2.69. The normalized spacial score (nSPS) is 10.1. The standard InChI is InChI=1S/C15H14O5/c1-9-7-8-12(17)14(10(9)2)20-15(18)19-13-6-4-3-5-11(13)16/h3-8,16-17H,1-2H3. The quantitative estimate of drug-likeness (QED) is 0.649. The van der Waals surface area contributed by atoms with Gasteiger partial charge in [-0.25, -0.2) is 4.79 Å². The van der Waals surface area contributed by atoms with Crippen LogP contribution in [0.15, 0.2) is 36.4 Å². The number of carbonyl (C=O) groups is 1. The van der Waals surface area contributed by atoms with Crippen molar-refractivity contribution in [2.75, 3.05) is 0 Å². The predicted octanol–water partition coefficient (Wildman–Crippen LogP) is 3.29. The summed E-state index contributed by atoms with van der Waals surface area (Å²) in [6.07, 6.45) is -1.03. The average Bonchev–Trinajstić information content (AvgIpc) is 2.42. The van der Waals surface area contributed by atoms with Gasteiger partial charge in [0.05, 0.1) is 0 Å². The van der Waals surface area contributed by atoms with Crippen molar-refractivity contribution in [3.63, 3.8) is 0 Å². The number of hydrogen-bond donors (Lipinski definition) is 2. The van der Waals surface area contributed by atoms with Gasteiger partial charge in [0.1, 0.15) is 0 Å². The van der Waals surface area contributed by atoms with Crippen molar-refractivity contribution in [1.82, 2.24) is 0 Å². The molecule has 0 saturated heterocycles. The Morgan fingerprint density at radius 1 is 0.950 bits per heavy atom. The molecule has 2 aromatic carbocycles. The van der Waals surface area contributed by atoms with Crippen LogP contribution < -0.4 is 9.47 Å². The van der Waals surface area contributed by atoms with Crippen LogP contribution in [-0.4, -0.2) is 16.4 Å². The second-order valence-corrected chi connectivity index (χ2v) is 4.28. The van der Waals surface area contributed by atoms with Gasteiger partial charge in [0.2, 0.25) is 0 Å². The monoisotopic (exact) mass is 274 g/mol. The van der Waals surface area contributed by atoms with Gasteiger partial charge in [-0.1, -0.05) is 18.2 Å². The molecule has 0 atom stereocenters. The molecular formula is C15H14O5. The lowest BCUT2D eigenvalue weighted by Crippen LogP contribution is -2.14. The number of aryl methyl sites for hydroxylation is 1. The summed E-state index contributed by atoms with van der Waals surface area (Å²) in [6.45, 7) is 3.55. The predicted molar refractivity (Wildman–Crippen MR) is 72.3 cm³/mol. The third-order valence-electron chi connectivity index (χ3n) is 2.90. The summed E-state index contributed by atoms with van der Waals surface area (Å²) in [7, 11) is 0. The van der Waals surface area contributed by atoms with E-state index in [2.05, 4.69) is 0 Å². The molecule has 104 valence electrons. The summed E-state index contributed by atoms with van der Waals surface area (Å²) in [5.41, 5.74) is 1.51. The van der Waals surface area contributed by atoms with E-state index in [1.54, 1.807) is 25.1 Å². The highest BCUT2D eigenvalue weighted by Gasteiger charge is 2.16. The fourth-order valence-corrected chi connectivity index (χ4v) is 1.64. The fourth-order valence-electron chi connectivity index (χ4n) is 1.64. The molecular weight excluding hydrogens is 260 g/mol. The number of benzene rings is 2. The average molecular weight is 274 g/mol. The molecule has 0 fully saturated rings. The minimum absolute atomic E-state index is 0.0118. The SMILES string of the molecule is Cc1ccc(O)c(OC(=O)Oc2ccccc2O)c1C. The third kappa shape index (κ3) is 2.83. The van der Waals surface area contributed by atoms with Crippen molar-refractivity contribution in [1.29, 1.82) is 0 Å². The van der Waals surface area contributed by atoms with Crippen molar-refractivity contribution < 1.29 is 24.5 Å². The number of rotatable bonds is 2. The zero-order valence-electron chi connectivity index (χ0n) is 11.1. The van der Waals surface area contributed by atoms with Crippen molar-refractivity contribution >= 4 is 6.16 Å². The van der Waals surface area contributed by atoms with Crippen LogP contribution in [0, 0.1) is 13.8 Å². The number of hydrogen-bond acceptors (Lipinski definition) is 5. The lowest BCUT2D eigenvalue weighted by atomic mass is 10.1. The summed E-state index contributed by atoms with van der Waals surface area (Å²) < 4.78 is 9.87. The summed E-state index contributed by atoms with van der Waals surface area (Å²) in [5.74, 6) is -0.287. The van der Waals surface area contributed by atoms with E-state index in [9.17, 15) is 15.0 Å². The summed E-state index contributed by atoms with van der Waals surface area (Å²) in [4.78, 5) is 11.7. The molecule has 0 unspecified atom stereocenters. The lowest BCUT2D eigenvalue weighted by Gasteiger charge is -2.11. The van der Waals surface area contributed by atoms with Crippen LogP contribution in [0.25, 0.3) is 0 Å². The molecule has 0 radical (unpaired) electrons. The maximum absolute atomic E-state index is 11.7. The fraction of sp³-hybridized carbons (Fsp3) is 0.133. The highest BCUT2D eigenvalue weighted by molar-refractivity contribution is 5.70. The molecule has 5 nitrogen and oxygen atoms in total. The van der Waals surface area contributed by atoms with Crippen LogP contribution in [0.3, 0.4) is 0 Å². The van der Waals surface area contributed by atoms with E-state index in [1.165, 1.54) is 18.2 Å². The molecule has 0 amide bonds. The molecule has 0 aliphatic rings. The summed E-state index contributed by atoms with van der Waals surface area (Å²) >= 11 is 0. The first kappa shape index (κ1) is 13.7. The van der Waals surface area contributed by atoms with Crippen LogP contribution in [0.5, 0.6) is 23.0 Å². The van der Waals surface area contributed by atoms with Crippen LogP contribution in [0.4, 0.5) is 4.79 Å². The summed E-state index contributed by atoms with van der Waals surface area (Å²) in [6, 6.07) is 9.18. The van der Waals surface area contributed by atoms with E-state index in [0.29, 0.717) is 5.56 Å². The van der Waals surface area contributed by atoms with Gasteiger partial charge in [-0.2, -0.15) is 0 Å². The number of carbonyl (C=O) groups excluding carboxylic acids is 1. The topological polar surface area (TPSA) is 76.0 Å². The molecule has 0 saturated carbocycles. The smallest absolute Gasteiger partial charge is 0.504 e. The molecule has 0 heterocycles. The highest BCUT2D eigenvalue weighted by Crippen LogP contribution is 2.32. The first-order valence-electron chi connectivity index (χ1n) is 5.96. The van der Waals surface area contributed by atoms with Gasteiger partial charge in [0.25, 0.3) is 0 Å². The zero-order valence-corrected chi connectivity index (χ0v) is 11.1. The summed E-state index contributed by atoms with van der Waals surface area (Å²) in [5, 5.41) is 19.2. The molecule has 2 rings (SSSR count). The molecule has 0 bridgehead atoms. The Balaban J connectivity index is 2.17. The first-order valence-corrected chi connectivity index (χ1v) is 5.96. The number of phenolic OH excluding ortho intramolecular Hbond substituents is 2. The van der Waals surface area contributed by atoms with E-state index in [1.807, 2.05) is 6.92 Å². The largest absolute Gasteiger partial charge is 0.519 e. The number of aromatic hydroxyl groups is 2. The van der Waals surface area contributed by atoms with Crippen molar-refractivity contribution in [2.45, 2.75) is 13.8 Å². The van der Waals surface area contributed by atoms with Gasteiger partial charge >= 0.3 is 6.16 Å². The van der Waals surface area contributed by atoms with Gasteiger partial charge in [-0.3, -0.25) is 0 Å². The number of ether oxygens (including phenoxy) is 2. The van der Waals surface area contributed by atoms with Gasteiger partial charge in [-0.05, 0) is 43.2 Å². The zero-order chi connectivity index (χ0) is 14.7. The molecule has 20 heavy (non-hydrogen) atoms. The van der Waals surface area contributed by atoms with Gasteiger partial charge in [0.15, 0.2) is 23.0 Å². The van der Waals surface area contributed by atoms with E-state index in [4.69, 9.17) is 9.47 Å². The van der Waals surface area contributed by atoms with E-state index < -0.39 is 6.16 Å². The van der Waals surface area contributed by atoms with E-state index in [0.717, 1.165) is 5.56 Å². The van der Waals surface area contributed by atoms with E-state index in [-0.39, 0.29) is 23.0 Å². The number of phenols is 2. The van der Waals surface area contributed by atoms with Crippen molar-refractivity contribution in [2.24, 2.45) is 0 Å².